The number of aliphatic imine (C=N–C) groups is 1. The molecule has 4 rings (SSSR count). The van der Waals surface area contributed by atoms with Gasteiger partial charge in [-0.05, 0) is 75.0 Å². The predicted molar refractivity (Wildman–Crippen MR) is 166 cm³/mol. The van der Waals surface area contributed by atoms with Gasteiger partial charge in [0.1, 0.15) is 6.10 Å². The Kier molecular flexibility index (Phi) is 9.63. The minimum atomic E-state index is -0.309. The first-order chi connectivity index (χ1) is 18.7. The molecule has 1 aliphatic rings. The zero-order chi connectivity index (χ0) is 28.3. The molecule has 3 aromatic rings. The van der Waals surface area contributed by atoms with Crippen LogP contribution >= 0.6 is 28.4 Å². The Morgan fingerprint density at radius 1 is 1.36 bits per heavy atom. The Morgan fingerprint density at radius 2 is 2.13 bits per heavy atom. The fourth-order valence-corrected chi connectivity index (χ4v) is 6.15. The van der Waals surface area contributed by atoms with E-state index in [1.54, 1.807) is 4.68 Å². The smallest absolute Gasteiger partial charge is 0.221 e. The quantitative estimate of drug-likeness (QED) is 0.240. The lowest BCUT2D eigenvalue weighted by Crippen LogP contribution is -2.36. The van der Waals surface area contributed by atoms with Crippen LogP contribution in [0.4, 0.5) is 0 Å². The zero-order valence-electron chi connectivity index (χ0n) is 23.1. The molecular formula is C26H36IN8O3P. The summed E-state index contributed by atoms with van der Waals surface area (Å²) in [6, 6.07) is 1.73. The van der Waals surface area contributed by atoms with Gasteiger partial charge in [0, 0.05) is 25.5 Å². The molecule has 3 N–H and O–H groups in total. The predicted octanol–water partition coefficient (Wildman–Crippen LogP) is 3.69. The van der Waals surface area contributed by atoms with Gasteiger partial charge in [0.2, 0.25) is 5.88 Å². The minimum Gasteiger partial charge on any atom is -0.479 e. The SMILES string of the molecule is CCO/C(N)=C1\C=C\c2nn(PI)c3cnc(cc23)-c2c(C)nn(C)c2OC(C)CN(C)CC1=NC(C)CO. The summed E-state index contributed by atoms with van der Waals surface area (Å²) < 4.78 is 15.9. The van der Waals surface area contributed by atoms with Crippen LogP contribution in [-0.2, 0) is 11.8 Å². The molecule has 3 aromatic heterocycles. The lowest BCUT2D eigenvalue weighted by atomic mass is 10.1. The van der Waals surface area contributed by atoms with Crippen LogP contribution < -0.4 is 10.5 Å². The highest BCUT2D eigenvalue weighted by Crippen LogP contribution is 2.37. The molecule has 0 saturated heterocycles. The van der Waals surface area contributed by atoms with Crippen molar-refractivity contribution >= 4 is 51.1 Å². The second-order valence-electron chi connectivity index (χ2n) is 9.63. The summed E-state index contributed by atoms with van der Waals surface area (Å²) in [6.45, 7) is 9.16. The number of likely N-dealkylation sites (N-methyl/N-ethyl adjacent to an activating group) is 1. The largest absolute Gasteiger partial charge is 0.479 e. The van der Waals surface area contributed by atoms with Crippen molar-refractivity contribution < 1.29 is 14.6 Å². The van der Waals surface area contributed by atoms with Crippen molar-refractivity contribution in [3.05, 3.63) is 41.2 Å². The summed E-state index contributed by atoms with van der Waals surface area (Å²) in [7, 11) is 3.88. The van der Waals surface area contributed by atoms with E-state index < -0.39 is 0 Å². The Morgan fingerprint density at radius 3 is 2.82 bits per heavy atom. The number of nitrogens with two attached hydrogens (primary N) is 1. The monoisotopic (exact) mass is 666 g/mol. The van der Waals surface area contributed by atoms with Crippen LogP contribution in [0, 0.1) is 6.92 Å². The van der Waals surface area contributed by atoms with Crippen molar-refractivity contribution in [2.75, 3.05) is 33.4 Å². The third-order valence-corrected chi connectivity index (χ3v) is 8.20. The Bertz CT molecular complexity index is 1430. The van der Waals surface area contributed by atoms with Crippen molar-refractivity contribution in [3.63, 3.8) is 0 Å². The zero-order valence-corrected chi connectivity index (χ0v) is 26.3. The molecule has 4 heterocycles. The molecule has 1 aliphatic heterocycles. The number of hydrogen-bond acceptors (Lipinski definition) is 9. The van der Waals surface area contributed by atoms with Crippen LogP contribution in [0.15, 0.2) is 34.8 Å². The first-order valence-electron chi connectivity index (χ1n) is 12.8. The van der Waals surface area contributed by atoms with Crippen molar-refractivity contribution in [1.29, 1.82) is 0 Å². The highest BCUT2D eigenvalue weighted by molar-refractivity contribution is 14.2. The number of aliphatic hydroxyl groups is 1. The van der Waals surface area contributed by atoms with Crippen molar-refractivity contribution in [2.45, 2.75) is 39.8 Å². The van der Waals surface area contributed by atoms with Crippen molar-refractivity contribution in [1.82, 2.24) is 29.2 Å². The fourth-order valence-electron chi connectivity index (χ4n) is 4.63. The molecule has 3 atom stereocenters. The number of aliphatic hydroxyl groups excluding tert-OH is 1. The Labute approximate surface area is 243 Å². The maximum atomic E-state index is 9.78. The topological polar surface area (TPSA) is 129 Å². The van der Waals surface area contributed by atoms with E-state index in [0.717, 1.165) is 33.5 Å². The molecule has 0 aliphatic carbocycles. The fraction of sp³-hybridized carbons (Fsp3) is 0.462. The van der Waals surface area contributed by atoms with Gasteiger partial charge in [-0.15, -0.1) is 0 Å². The minimum absolute atomic E-state index is 0.0811. The van der Waals surface area contributed by atoms with E-state index in [-0.39, 0.29) is 24.6 Å². The molecule has 39 heavy (non-hydrogen) atoms. The lowest BCUT2D eigenvalue weighted by molar-refractivity contribution is 0.159. The van der Waals surface area contributed by atoms with Gasteiger partial charge < -0.3 is 20.3 Å². The van der Waals surface area contributed by atoms with E-state index in [1.807, 2.05) is 70.7 Å². The van der Waals surface area contributed by atoms with Crippen LogP contribution in [0.2, 0.25) is 0 Å². The van der Waals surface area contributed by atoms with Crippen LogP contribution in [-0.4, -0.2) is 85.5 Å². The average molecular weight is 667 g/mol. The van der Waals surface area contributed by atoms with Gasteiger partial charge in [0.15, 0.2) is 5.88 Å². The molecule has 13 heteroatoms. The number of nitrogens with zero attached hydrogens (tertiary/aromatic N) is 7. The maximum Gasteiger partial charge on any atom is 0.221 e. The molecule has 2 bridgehead atoms. The molecule has 0 saturated carbocycles. The Balaban J connectivity index is 1.98. The van der Waals surface area contributed by atoms with Crippen LogP contribution in [0.5, 0.6) is 5.88 Å². The van der Waals surface area contributed by atoms with E-state index in [4.69, 9.17) is 30.3 Å². The highest BCUT2D eigenvalue weighted by atomic mass is 127. The summed E-state index contributed by atoms with van der Waals surface area (Å²) in [5.74, 6) is 0.940. The number of ether oxygens (including phenoxy) is 2. The standard InChI is InChI=1S/C26H36IN8O3P/c1-7-37-25(28)18-8-9-20-19-10-21(29-11-23(19)35(32-20)39-27)24-17(4)31-34(6)26(24)38-16(3)12-33(5)13-22(18)30-15(2)14-36/h8-11,15-16,36,39H,7,12-14,28H2,1-6H3/b9-8+,25-18+,30-22?. The van der Waals surface area contributed by atoms with E-state index >= 15 is 0 Å². The summed E-state index contributed by atoms with van der Waals surface area (Å²) in [5, 5.41) is 20.2. The molecule has 0 radical (unpaired) electrons. The third-order valence-electron chi connectivity index (χ3n) is 6.33. The first kappa shape index (κ1) is 29.4. The number of aromatic nitrogens is 5. The normalized spacial score (nSPS) is 21.1. The van der Waals surface area contributed by atoms with E-state index in [1.165, 1.54) is 0 Å². The lowest BCUT2D eigenvalue weighted by Gasteiger charge is -2.24. The molecule has 3 unspecified atom stereocenters. The van der Waals surface area contributed by atoms with Crippen LogP contribution in [0.1, 0.15) is 32.2 Å². The first-order valence-corrected chi connectivity index (χ1v) is 16.9. The van der Waals surface area contributed by atoms with Gasteiger partial charge in [-0.25, -0.2) is 9.13 Å². The molecule has 11 nitrogen and oxygen atoms in total. The van der Waals surface area contributed by atoms with E-state index in [2.05, 4.69) is 32.0 Å². The summed E-state index contributed by atoms with van der Waals surface area (Å²) in [6.07, 6.45) is 5.93. The third kappa shape index (κ3) is 6.45. The van der Waals surface area contributed by atoms with Gasteiger partial charge in [0.05, 0.1) is 71.3 Å². The number of allylic oxidation sites excluding steroid dienone is 1. The summed E-state index contributed by atoms with van der Waals surface area (Å²) in [5.41, 5.74) is 12.0. The summed E-state index contributed by atoms with van der Waals surface area (Å²) >= 11 is 2.31. The highest BCUT2D eigenvalue weighted by Gasteiger charge is 2.23. The molecule has 0 amide bonds. The van der Waals surface area contributed by atoms with Crippen LogP contribution in [0.3, 0.4) is 0 Å². The van der Waals surface area contributed by atoms with E-state index in [9.17, 15) is 5.11 Å². The van der Waals surface area contributed by atoms with Gasteiger partial charge in [-0.3, -0.25) is 14.9 Å². The molecule has 210 valence electrons. The van der Waals surface area contributed by atoms with Gasteiger partial charge in [0.25, 0.3) is 0 Å². The molecular weight excluding hydrogens is 630 g/mol. The van der Waals surface area contributed by atoms with Gasteiger partial charge in [-0.2, -0.15) is 10.2 Å². The molecule has 0 spiro atoms. The number of fused-ring (bicyclic) bond motifs is 3. The number of halogens is 1. The summed E-state index contributed by atoms with van der Waals surface area (Å²) in [4.78, 5) is 11.7. The van der Waals surface area contributed by atoms with Crippen molar-refractivity contribution in [3.8, 4) is 17.1 Å². The second kappa shape index (κ2) is 12.8. The molecule has 0 fully saturated rings. The van der Waals surface area contributed by atoms with Crippen molar-refractivity contribution in [2.24, 2.45) is 17.8 Å². The average Bonchev–Trinajstić information content (AvgIpc) is 3.38. The second-order valence-corrected chi connectivity index (χ2v) is 11.7. The number of aryl methyl sites for hydroxylation is 2. The number of hydrogen-bond donors (Lipinski definition) is 2. The number of rotatable bonds is 5. The van der Waals surface area contributed by atoms with Crippen LogP contribution in [0.25, 0.3) is 28.2 Å². The van der Waals surface area contributed by atoms with Gasteiger partial charge >= 0.3 is 0 Å². The molecule has 0 aromatic carbocycles. The maximum absolute atomic E-state index is 9.78. The number of pyridine rings is 1. The Hall–Kier alpha value is -2.54. The van der Waals surface area contributed by atoms with E-state index in [0.29, 0.717) is 43.2 Å². The van der Waals surface area contributed by atoms with Gasteiger partial charge in [-0.1, -0.05) is 0 Å².